The van der Waals surface area contributed by atoms with E-state index in [4.69, 9.17) is 5.26 Å². The summed E-state index contributed by atoms with van der Waals surface area (Å²) in [7, 11) is 0. The minimum Gasteiger partial charge on any atom is -0.356 e. The van der Waals surface area contributed by atoms with Crippen LogP contribution in [0.5, 0.6) is 0 Å². The van der Waals surface area contributed by atoms with Crippen molar-refractivity contribution in [2.24, 2.45) is 0 Å². The number of halogens is 1. The lowest BCUT2D eigenvalue weighted by Crippen LogP contribution is -2.13. The summed E-state index contributed by atoms with van der Waals surface area (Å²) in [5, 5.41) is 11.1. The van der Waals surface area contributed by atoms with Gasteiger partial charge in [-0.25, -0.2) is 4.39 Å². The number of nitrogens with one attached hydrogen (secondary N) is 2. The molecule has 0 saturated carbocycles. The third-order valence-electron chi connectivity index (χ3n) is 2.50. The van der Waals surface area contributed by atoms with Crippen molar-refractivity contribution in [2.75, 3.05) is 5.32 Å². The molecule has 90 valence electrons. The molecule has 2 rings (SSSR count). The second-order valence-corrected chi connectivity index (χ2v) is 3.80. The van der Waals surface area contributed by atoms with E-state index in [9.17, 15) is 9.18 Å². The van der Waals surface area contributed by atoms with E-state index in [1.807, 2.05) is 6.07 Å². The van der Waals surface area contributed by atoms with E-state index < -0.39 is 11.7 Å². The van der Waals surface area contributed by atoms with Crippen molar-refractivity contribution in [3.8, 4) is 6.07 Å². The number of nitrogens with zero attached hydrogens (tertiary/aromatic N) is 1. The molecule has 1 aromatic carbocycles. The van der Waals surface area contributed by atoms with Gasteiger partial charge < -0.3 is 10.3 Å². The lowest BCUT2D eigenvalue weighted by Gasteiger charge is -2.06. The van der Waals surface area contributed by atoms with Gasteiger partial charge in [-0.1, -0.05) is 12.1 Å². The van der Waals surface area contributed by atoms with Gasteiger partial charge in [0, 0.05) is 6.20 Å². The Morgan fingerprint density at radius 1 is 1.50 bits per heavy atom. The van der Waals surface area contributed by atoms with Crippen molar-refractivity contribution in [2.45, 2.75) is 6.92 Å². The van der Waals surface area contributed by atoms with E-state index in [2.05, 4.69) is 10.3 Å². The number of nitriles is 1. The van der Waals surface area contributed by atoms with Crippen molar-refractivity contribution in [1.82, 2.24) is 4.98 Å². The fourth-order valence-corrected chi connectivity index (χ4v) is 1.52. The Bertz CT molecular complexity index is 640. The number of benzene rings is 1. The van der Waals surface area contributed by atoms with E-state index in [0.717, 1.165) is 0 Å². The summed E-state index contributed by atoms with van der Waals surface area (Å²) in [5.74, 6) is -0.945. The first kappa shape index (κ1) is 11.9. The molecule has 0 aliphatic carbocycles. The Balaban J connectivity index is 2.22. The highest BCUT2D eigenvalue weighted by molar-refractivity contribution is 6.03. The summed E-state index contributed by atoms with van der Waals surface area (Å²) < 4.78 is 13.7. The number of aromatic nitrogens is 1. The van der Waals surface area contributed by atoms with Crippen LogP contribution in [0.25, 0.3) is 0 Å². The summed E-state index contributed by atoms with van der Waals surface area (Å²) in [6, 6.07) is 8.06. The maximum absolute atomic E-state index is 13.7. The molecule has 4 nitrogen and oxygen atoms in total. The average molecular weight is 243 g/mol. The van der Waals surface area contributed by atoms with Gasteiger partial charge in [0.2, 0.25) is 0 Å². The van der Waals surface area contributed by atoms with E-state index in [-0.39, 0.29) is 11.4 Å². The number of aromatic amines is 1. The lowest BCUT2D eigenvalue weighted by molar-refractivity contribution is 0.102. The van der Waals surface area contributed by atoms with Crippen LogP contribution >= 0.6 is 0 Å². The molecule has 2 N–H and O–H groups in total. The minimum atomic E-state index is -0.485. The third-order valence-corrected chi connectivity index (χ3v) is 2.50. The molecule has 1 amide bonds. The fourth-order valence-electron chi connectivity index (χ4n) is 1.52. The second-order valence-electron chi connectivity index (χ2n) is 3.80. The largest absolute Gasteiger partial charge is 0.356 e. The molecule has 0 bridgehead atoms. The molecule has 0 aliphatic heterocycles. The number of amides is 1. The number of carbonyl (C=O) groups excluding carboxylic acids is 1. The van der Waals surface area contributed by atoms with Crippen LogP contribution in [0.3, 0.4) is 0 Å². The number of aryl methyl sites for hydroxylation is 1. The Morgan fingerprint density at radius 3 is 2.94 bits per heavy atom. The smallest absolute Gasteiger partial charge is 0.272 e. The Morgan fingerprint density at radius 2 is 2.28 bits per heavy atom. The molecular formula is C13H10FN3O. The maximum atomic E-state index is 13.7. The van der Waals surface area contributed by atoms with Gasteiger partial charge >= 0.3 is 0 Å². The van der Waals surface area contributed by atoms with Crippen LogP contribution < -0.4 is 5.32 Å². The molecule has 0 spiro atoms. The van der Waals surface area contributed by atoms with Gasteiger partial charge in [0.05, 0.1) is 11.3 Å². The van der Waals surface area contributed by atoms with Gasteiger partial charge in [-0.3, -0.25) is 4.79 Å². The quantitative estimate of drug-likeness (QED) is 0.851. The predicted octanol–water partition coefficient (Wildman–Crippen LogP) is 2.59. The van der Waals surface area contributed by atoms with E-state index >= 15 is 0 Å². The first-order chi connectivity index (χ1) is 8.61. The van der Waals surface area contributed by atoms with E-state index in [1.54, 1.807) is 19.1 Å². The number of anilines is 1. The molecule has 0 unspecified atom stereocenters. The van der Waals surface area contributed by atoms with E-state index in [0.29, 0.717) is 11.1 Å². The summed E-state index contributed by atoms with van der Waals surface area (Å²) >= 11 is 0. The molecule has 0 atom stereocenters. The molecule has 0 aliphatic rings. The first-order valence-corrected chi connectivity index (χ1v) is 5.27. The monoisotopic (exact) mass is 243 g/mol. The lowest BCUT2D eigenvalue weighted by atomic mass is 10.2. The third kappa shape index (κ3) is 2.23. The Kier molecular flexibility index (Phi) is 3.11. The van der Waals surface area contributed by atoms with Gasteiger partial charge in [0.1, 0.15) is 17.6 Å². The average Bonchev–Trinajstić information content (AvgIpc) is 2.83. The summed E-state index contributed by atoms with van der Waals surface area (Å²) in [6.45, 7) is 1.62. The number of hydrogen-bond acceptors (Lipinski definition) is 2. The van der Waals surface area contributed by atoms with Gasteiger partial charge in [0.25, 0.3) is 5.91 Å². The summed E-state index contributed by atoms with van der Waals surface area (Å²) in [6.07, 6.45) is 1.42. The molecule has 1 heterocycles. The van der Waals surface area contributed by atoms with Crippen LogP contribution in [0.1, 0.15) is 21.6 Å². The van der Waals surface area contributed by atoms with Crippen LogP contribution in [0.2, 0.25) is 0 Å². The van der Waals surface area contributed by atoms with Gasteiger partial charge in [0.15, 0.2) is 0 Å². The summed E-state index contributed by atoms with van der Waals surface area (Å²) in [5.41, 5.74) is 1.14. The Labute approximate surface area is 103 Å². The second kappa shape index (κ2) is 4.72. The highest BCUT2D eigenvalue weighted by atomic mass is 19.1. The fraction of sp³-hybridized carbons (Fsp3) is 0.0769. The zero-order valence-corrected chi connectivity index (χ0v) is 9.62. The minimum absolute atomic E-state index is 0.119. The van der Waals surface area contributed by atoms with E-state index in [1.165, 1.54) is 18.3 Å². The van der Waals surface area contributed by atoms with Crippen LogP contribution in [-0.4, -0.2) is 10.9 Å². The van der Waals surface area contributed by atoms with Crippen molar-refractivity contribution >= 4 is 11.6 Å². The maximum Gasteiger partial charge on any atom is 0.272 e. The summed E-state index contributed by atoms with van der Waals surface area (Å²) in [4.78, 5) is 14.4. The van der Waals surface area contributed by atoms with Crippen LogP contribution in [0.15, 0.2) is 30.5 Å². The van der Waals surface area contributed by atoms with Crippen molar-refractivity contribution in [3.05, 3.63) is 53.1 Å². The zero-order valence-electron chi connectivity index (χ0n) is 9.62. The normalized spacial score (nSPS) is 9.83. The molecule has 0 saturated heterocycles. The Hall–Kier alpha value is -2.61. The number of hydrogen-bond donors (Lipinski definition) is 2. The molecular weight excluding hydrogens is 233 g/mol. The van der Waals surface area contributed by atoms with Gasteiger partial charge in [-0.05, 0) is 24.6 Å². The van der Waals surface area contributed by atoms with Crippen LogP contribution in [-0.2, 0) is 0 Å². The van der Waals surface area contributed by atoms with Crippen molar-refractivity contribution in [1.29, 1.82) is 5.26 Å². The molecule has 0 fully saturated rings. The zero-order chi connectivity index (χ0) is 13.1. The van der Waals surface area contributed by atoms with Crippen LogP contribution in [0, 0.1) is 24.1 Å². The van der Waals surface area contributed by atoms with Crippen molar-refractivity contribution < 1.29 is 9.18 Å². The molecule has 18 heavy (non-hydrogen) atoms. The van der Waals surface area contributed by atoms with Gasteiger partial charge in [-0.2, -0.15) is 5.26 Å². The molecule has 0 radical (unpaired) electrons. The van der Waals surface area contributed by atoms with Gasteiger partial charge in [-0.15, -0.1) is 0 Å². The SMILES string of the molecule is Cc1cccc(NC(=O)c2cc(C#N)c[nH]2)c1F. The molecule has 2 aromatic rings. The highest BCUT2D eigenvalue weighted by Gasteiger charge is 2.12. The highest BCUT2D eigenvalue weighted by Crippen LogP contribution is 2.17. The standard InChI is InChI=1S/C13H10FN3O/c1-8-3-2-4-10(12(8)14)17-13(18)11-5-9(6-15)7-16-11/h2-5,7,16H,1H3,(H,17,18). The molecule has 1 aromatic heterocycles. The first-order valence-electron chi connectivity index (χ1n) is 5.27. The van der Waals surface area contributed by atoms with Crippen molar-refractivity contribution in [3.63, 3.8) is 0 Å². The molecule has 5 heteroatoms. The number of rotatable bonds is 2. The number of carbonyl (C=O) groups is 1. The number of H-pyrrole nitrogens is 1. The van der Waals surface area contributed by atoms with Crippen LogP contribution in [0.4, 0.5) is 10.1 Å². The predicted molar refractivity (Wildman–Crippen MR) is 64.6 cm³/mol. The topological polar surface area (TPSA) is 68.7 Å².